The Labute approximate surface area is 261 Å². The highest BCUT2D eigenvalue weighted by molar-refractivity contribution is 6.01. The molecule has 4 aliphatic carbocycles. The monoisotopic (exact) mass is 616 g/mol. The molecule has 0 aromatic carbocycles. The van der Waals surface area contributed by atoms with Crippen LogP contribution < -0.4 is 5.32 Å². The van der Waals surface area contributed by atoms with Crippen molar-refractivity contribution in [2.24, 2.45) is 45.8 Å². The van der Waals surface area contributed by atoms with E-state index >= 15 is 0 Å². The van der Waals surface area contributed by atoms with Crippen molar-refractivity contribution in [1.82, 2.24) is 10.4 Å². The molecule has 1 heterocycles. The molecule has 44 heavy (non-hydrogen) atoms. The summed E-state index contributed by atoms with van der Waals surface area (Å²) < 4.78 is 0. The number of amides is 3. The number of imide groups is 1. The number of carboxylic acid groups (broad SMARTS) is 1. The van der Waals surface area contributed by atoms with E-state index in [4.69, 9.17) is 4.84 Å². The largest absolute Gasteiger partial charge is 0.480 e. The van der Waals surface area contributed by atoms with Gasteiger partial charge in [-0.25, -0.2) is 9.59 Å². The minimum Gasteiger partial charge on any atom is -0.480 e. The van der Waals surface area contributed by atoms with Gasteiger partial charge >= 0.3 is 11.9 Å². The molecule has 4 saturated carbocycles. The third-order valence-corrected chi connectivity index (χ3v) is 13.5. The summed E-state index contributed by atoms with van der Waals surface area (Å²) in [6.45, 7) is 9.82. The second-order valence-corrected chi connectivity index (χ2v) is 15.5. The summed E-state index contributed by atoms with van der Waals surface area (Å²) in [5, 5.41) is 23.0. The quantitative estimate of drug-likeness (QED) is 0.297. The van der Waals surface area contributed by atoms with Gasteiger partial charge in [0.15, 0.2) is 0 Å². The Morgan fingerprint density at radius 3 is 2.27 bits per heavy atom. The van der Waals surface area contributed by atoms with Gasteiger partial charge < -0.3 is 20.4 Å². The van der Waals surface area contributed by atoms with Crippen molar-refractivity contribution in [3.8, 4) is 0 Å². The summed E-state index contributed by atoms with van der Waals surface area (Å²) in [7, 11) is 0. The third kappa shape index (κ3) is 5.80. The highest BCUT2D eigenvalue weighted by Crippen LogP contribution is 2.73. The number of nitrogens with zero attached hydrogens (tertiary/aromatic N) is 1. The van der Waals surface area contributed by atoms with Gasteiger partial charge in [-0.1, -0.05) is 27.7 Å². The first-order valence-corrected chi connectivity index (χ1v) is 17.0. The van der Waals surface area contributed by atoms with Crippen molar-refractivity contribution in [3.05, 3.63) is 0 Å². The number of hydrogen-bond donors (Lipinski definition) is 3. The molecule has 10 atom stereocenters. The van der Waals surface area contributed by atoms with Gasteiger partial charge in [0, 0.05) is 19.3 Å². The van der Waals surface area contributed by atoms with E-state index in [0.717, 1.165) is 25.7 Å². The fourth-order valence-corrected chi connectivity index (χ4v) is 10.7. The highest BCUT2D eigenvalue weighted by atomic mass is 16.7. The molecular weight excluding hydrogens is 564 g/mol. The molecule has 1 saturated heterocycles. The van der Waals surface area contributed by atoms with Crippen LogP contribution in [-0.4, -0.2) is 57.1 Å². The third-order valence-electron chi connectivity index (χ3n) is 13.5. The maximum atomic E-state index is 12.9. The predicted octanol–water partition coefficient (Wildman–Crippen LogP) is 4.77. The maximum absolute atomic E-state index is 12.9. The molecule has 5 fully saturated rings. The molecule has 0 aromatic heterocycles. The van der Waals surface area contributed by atoms with Crippen LogP contribution in [0.5, 0.6) is 0 Å². The van der Waals surface area contributed by atoms with E-state index in [1.807, 2.05) is 0 Å². The van der Waals surface area contributed by atoms with Crippen LogP contribution in [-0.2, 0) is 28.8 Å². The number of carbonyl (C=O) groups excluding carboxylic acids is 4. The lowest BCUT2D eigenvalue weighted by molar-refractivity contribution is -0.197. The number of aliphatic carboxylic acids is 1. The van der Waals surface area contributed by atoms with Gasteiger partial charge in [-0.15, -0.1) is 5.06 Å². The molecule has 3 N–H and O–H groups in total. The Bertz CT molecular complexity index is 1160. The molecule has 0 aromatic rings. The molecule has 3 amide bonds. The summed E-state index contributed by atoms with van der Waals surface area (Å²) in [6.07, 6.45) is 10.4. The van der Waals surface area contributed by atoms with E-state index in [0.29, 0.717) is 51.9 Å². The van der Waals surface area contributed by atoms with Gasteiger partial charge in [-0.05, 0) is 116 Å². The fourth-order valence-electron chi connectivity index (χ4n) is 10.7. The molecule has 0 unspecified atom stereocenters. The number of aliphatic hydroxyl groups is 1. The van der Waals surface area contributed by atoms with Crippen LogP contribution in [0.1, 0.15) is 124 Å². The summed E-state index contributed by atoms with van der Waals surface area (Å²) >= 11 is 0. The standard InChI is InChI=1S/C34H52N2O8/c1-20(5-11-27(38)35-26(31(42)43)10-14-30(41)44-36-28(39)12-13-29(36)40)23-8-9-24-25-7-6-21-19-22(37)15-16-33(21,3)34(25,4)18-17-32(23,24)2/h20-26,37H,5-19H2,1-4H3,(H,35,38)(H,42,43)/t20-,21-,22-,23-,24+,25+,26+,32-,33+,34+/m1/s1. The molecule has 10 nitrogen and oxygen atoms in total. The van der Waals surface area contributed by atoms with E-state index in [9.17, 15) is 34.2 Å². The van der Waals surface area contributed by atoms with Gasteiger partial charge in [0.05, 0.1) is 12.5 Å². The number of fused-ring (bicyclic) bond motifs is 5. The van der Waals surface area contributed by atoms with Crippen molar-refractivity contribution in [2.75, 3.05) is 0 Å². The van der Waals surface area contributed by atoms with E-state index < -0.39 is 29.8 Å². The minimum absolute atomic E-state index is 0.0232. The summed E-state index contributed by atoms with van der Waals surface area (Å²) in [4.78, 5) is 64.9. The van der Waals surface area contributed by atoms with Crippen LogP contribution in [0.25, 0.3) is 0 Å². The molecule has 0 spiro atoms. The normalized spacial score (nSPS) is 39.6. The number of carboxylic acids is 1. The second kappa shape index (κ2) is 12.4. The molecular formula is C34H52N2O8. The van der Waals surface area contributed by atoms with Crippen LogP contribution >= 0.6 is 0 Å². The lowest BCUT2D eigenvalue weighted by atomic mass is 9.38. The lowest BCUT2D eigenvalue weighted by Crippen LogP contribution is -2.60. The van der Waals surface area contributed by atoms with Crippen LogP contribution in [0.15, 0.2) is 0 Å². The lowest BCUT2D eigenvalue weighted by Gasteiger charge is -2.67. The Morgan fingerprint density at radius 1 is 0.909 bits per heavy atom. The van der Waals surface area contributed by atoms with Crippen LogP contribution in [0.4, 0.5) is 0 Å². The van der Waals surface area contributed by atoms with Gasteiger partial charge in [0.25, 0.3) is 11.8 Å². The first-order chi connectivity index (χ1) is 20.7. The number of carbonyl (C=O) groups is 5. The summed E-state index contributed by atoms with van der Waals surface area (Å²) in [5.41, 5.74) is 0.828. The number of hydroxylamine groups is 2. The summed E-state index contributed by atoms with van der Waals surface area (Å²) in [6, 6.07) is -1.27. The van der Waals surface area contributed by atoms with Crippen molar-refractivity contribution < 1.29 is 39.0 Å². The van der Waals surface area contributed by atoms with Crippen LogP contribution in [0.3, 0.4) is 0 Å². The smallest absolute Gasteiger partial charge is 0.333 e. The van der Waals surface area contributed by atoms with E-state index in [1.54, 1.807) is 0 Å². The van der Waals surface area contributed by atoms with E-state index in [2.05, 4.69) is 33.0 Å². The molecule has 0 bridgehead atoms. The second-order valence-electron chi connectivity index (χ2n) is 15.5. The van der Waals surface area contributed by atoms with Crippen LogP contribution in [0, 0.1) is 45.8 Å². The van der Waals surface area contributed by atoms with Gasteiger partial charge in [-0.3, -0.25) is 14.4 Å². The average molecular weight is 617 g/mol. The van der Waals surface area contributed by atoms with Crippen molar-refractivity contribution in [2.45, 2.75) is 136 Å². The number of rotatable bonds is 10. The molecule has 0 radical (unpaired) electrons. The first-order valence-electron chi connectivity index (χ1n) is 17.0. The number of nitrogens with one attached hydrogen (secondary N) is 1. The number of aliphatic hydroxyl groups excluding tert-OH is 1. The van der Waals surface area contributed by atoms with E-state index in [1.165, 1.54) is 32.1 Å². The Balaban J connectivity index is 1.13. The summed E-state index contributed by atoms with van der Waals surface area (Å²) in [5.74, 6) is -0.866. The Hall–Kier alpha value is -2.49. The van der Waals surface area contributed by atoms with Crippen molar-refractivity contribution >= 4 is 29.7 Å². The highest BCUT2D eigenvalue weighted by Gasteiger charge is 2.65. The molecule has 246 valence electrons. The molecule has 5 aliphatic rings. The zero-order valence-electron chi connectivity index (χ0n) is 26.9. The van der Waals surface area contributed by atoms with Gasteiger partial charge in [0.2, 0.25) is 5.91 Å². The minimum atomic E-state index is -1.27. The Kier molecular flexibility index (Phi) is 9.24. The maximum Gasteiger partial charge on any atom is 0.333 e. The first kappa shape index (κ1) is 32.9. The topological polar surface area (TPSA) is 150 Å². The zero-order chi connectivity index (χ0) is 32.0. The van der Waals surface area contributed by atoms with Crippen LogP contribution in [0.2, 0.25) is 0 Å². The SMILES string of the molecule is C[C@H](CCC(=O)N[C@@H](CCC(=O)ON1C(=O)CCC1=O)C(=O)O)[C@H]1CC[C@H]2[C@@H]3CC[C@@H]4C[C@H](O)CC[C@]4(C)[C@@]3(C)CC[C@]12C. The van der Waals surface area contributed by atoms with Crippen molar-refractivity contribution in [1.29, 1.82) is 0 Å². The zero-order valence-corrected chi connectivity index (χ0v) is 26.9. The van der Waals surface area contributed by atoms with E-state index in [-0.39, 0.29) is 49.5 Å². The molecule has 1 aliphatic heterocycles. The number of hydrogen-bond acceptors (Lipinski definition) is 7. The van der Waals surface area contributed by atoms with Gasteiger partial charge in [-0.2, -0.15) is 0 Å². The molecule has 10 heteroatoms. The Morgan fingerprint density at radius 2 is 1.59 bits per heavy atom. The van der Waals surface area contributed by atoms with Crippen molar-refractivity contribution in [3.63, 3.8) is 0 Å². The van der Waals surface area contributed by atoms with Gasteiger partial charge in [0.1, 0.15) is 6.04 Å². The molecule has 5 rings (SSSR count). The fraction of sp³-hybridized carbons (Fsp3) is 0.853. The average Bonchev–Trinajstić information content (AvgIpc) is 3.48. The predicted molar refractivity (Wildman–Crippen MR) is 160 cm³/mol.